The monoisotopic (exact) mass is 491 g/mol. The van der Waals surface area contributed by atoms with Crippen LogP contribution in [0.15, 0.2) is 23.2 Å². The van der Waals surface area contributed by atoms with Gasteiger partial charge in [-0.1, -0.05) is 0 Å². The average molecular weight is 491 g/mol. The second-order valence-corrected chi connectivity index (χ2v) is 6.37. The molecule has 2 rings (SSSR count). The summed E-state index contributed by atoms with van der Waals surface area (Å²) >= 11 is 0. The number of esters is 1. The fraction of sp³-hybridized carbons (Fsp3) is 0.579. The molecule has 0 unspecified atom stereocenters. The Labute approximate surface area is 177 Å². The Balaban J connectivity index is 0.00000364. The first-order valence-corrected chi connectivity index (χ1v) is 9.07. The topological polar surface area (TPSA) is 92.2 Å². The number of hydrogen-bond acceptors (Lipinski definition) is 5. The third-order valence-corrected chi connectivity index (χ3v) is 4.64. The van der Waals surface area contributed by atoms with Crippen molar-refractivity contribution in [1.29, 1.82) is 0 Å². The molecule has 1 aliphatic rings. The Kier molecular flexibility index (Phi) is 10.3. The summed E-state index contributed by atoms with van der Waals surface area (Å²) in [5, 5.41) is 16.6. The number of ether oxygens (including phenoxy) is 2. The molecule has 27 heavy (non-hydrogen) atoms. The Hall–Kier alpha value is -1.71. The number of halogens is 1. The number of hydrogen-bond donors (Lipinski definition) is 3. The molecule has 0 aromatic heterocycles. The number of phenols is 1. The minimum absolute atomic E-state index is 0. The van der Waals surface area contributed by atoms with Gasteiger partial charge >= 0.3 is 5.97 Å². The maximum absolute atomic E-state index is 11.8. The lowest BCUT2D eigenvalue weighted by atomic mass is 9.86. The van der Waals surface area contributed by atoms with E-state index in [2.05, 4.69) is 15.6 Å². The van der Waals surface area contributed by atoms with E-state index in [1.54, 1.807) is 32.4 Å². The molecule has 0 radical (unpaired) electrons. The molecule has 1 aliphatic carbocycles. The van der Waals surface area contributed by atoms with Crippen molar-refractivity contribution < 1.29 is 19.4 Å². The van der Waals surface area contributed by atoms with Gasteiger partial charge in [0, 0.05) is 25.2 Å². The standard InChI is InChI=1S/C19H29N3O4.HI/c1-4-26-18(24)13-5-7-15(8-6-13)22-19(20-2)21-12-14-11-16(25-3)9-10-17(14)23;/h9-11,13,15,23H,4-8,12H2,1-3H3,(H2,20,21,22);1H. The molecule has 0 aliphatic heterocycles. The van der Waals surface area contributed by atoms with Crippen molar-refractivity contribution in [2.45, 2.75) is 45.2 Å². The largest absolute Gasteiger partial charge is 0.508 e. The van der Waals surface area contributed by atoms with Crippen molar-refractivity contribution in [2.75, 3.05) is 20.8 Å². The molecule has 0 atom stereocenters. The van der Waals surface area contributed by atoms with Crippen molar-refractivity contribution >= 4 is 35.9 Å². The minimum atomic E-state index is -0.0815. The summed E-state index contributed by atoms with van der Waals surface area (Å²) in [5.74, 6) is 1.51. The number of carbonyl (C=O) groups excluding carboxylic acids is 1. The Morgan fingerprint density at radius 2 is 2.00 bits per heavy atom. The summed E-state index contributed by atoms with van der Waals surface area (Å²) in [7, 11) is 3.31. The molecule has 0 amide bonds. The Morgan fingerprint density at radius 3 is 2.59 bits per heavy atom. The number of aromatic hydroxyl groups is 1. The van der Waals surface area contributed by atoms with Crippen LogP contribution in [0.3, 0.4) is 0 Å². The molecule has 1 fully saturated rings. The van der Waals surface area contributed by atoms with Crippen LogP contribution in [-0.2, 0) is 16.1 Å². The first-order valence-electron chi connectivity index (χ1n) is 9.07. The van der Waals surface area contributed by atoms with Gasteiger partial charge in [0.05, 0.1) is 19.6 Å². The van der Waals surface area contributed by atoms with Gasteiger partial charge in [0.2, 0.25) is 0 Å². The highest BCUT2D eigenvalue weighted by Gasteiger charge is 2.27. The summed E-state index contributed by atoms with van der Waals surface area (Å²) < 4.78 is 10.3. The first-order chi connectivity index (χ1) is 12.6. The van der Waals surface area contributed by atoms with E-state index in [4.69, 9.17) is 9.47 Å². The SMILES string of the molecule is CCOC(=O)C1CCC(NC(=NC)NCc2cc(OC)ccc2O)CC1.I. The van der Waals surface area contributed by atoms with Crippen LogP contribution in [0.4, 0.5) is 0 Å². The number of carbonyl (C=O) groups is 1. The molecule has 0 saturated heterocycles. The molecule has 152 valence electrons. The predicted molar refractivity (Wildman–Crippen MR) is 116 cm³/mol. The molecular formula is C19H30IN3O4. The van der Waals surface area contributed by atoms with Gasteiger partial charge in [0.15, 0.2) is 5.96 Å². The zero-order valence-corrected chi connectivity index (χ0v) is 18.5. The van der Waals surface area contributed by atoms with Gasteiger partial charge in [-0.15, -0.1) is 24.0 Å². The van der Waals surface area contributed by atoms with Crippen LogP contribution in [-0.4, -0.2) is 43.8 Å². The number of guanidine groups is 1. The highest BCUT2D eigenvalue weighted by Crippen LogP contribution is 2.25. The van der Waals surface area contributed by atoms with Crippen molar-refractivity contribution in [1.82, 2.24) is 10.6 Å². The van der Waals surface area contributed by atoms with Crippen LogP contribution < -0.4 is 15.4 Å². The van der Waals surface area contributed by atoms with Gasteiger partial charge < -0.3 is 25.2 Å². The summed E-state index contributed by atoms with van der Waals surface area (Å²) in [6, 6.07) is 5.39. The molecule has 1 aromatic carbocycles. The first kappa shape index (κ1) is 23.3. The van der Waals surface area contributed by atoms with Crippen LogP contribution in [0.2, 0.25) is 0 Å². The van der Waals surface area contributed by atoms with E-state index >= 15 is 0 Å². The molecule has 0 heterocycles. The Morgan fingerprint density at radius 1 is 1.30 bits per heavy atom. The summed E-state index contributed by atoms with van der Waals surface area (Å²) in [5.41, 5.74) is 0.735. The normalized spacial score (nSPS) is 19.6. The fourth-order valence-electron chi connectivity index (χ4n) is 3.13. The van der Waals surface area contributed by atoms with E-state index in [0.29, 0.717) is 24.9 Å². The number of methoxy groups -OCH3 is 1. The second-order valence-electron chi connectivity index (χ2n) is 6.37. The van der Waals surface area contributed by atoms with Gasteiger partial charge in [-0.3, -0.25) is 9.79 Å². The molecule has 1 aromatic rings. The number of phenolic OH excluding ortho intramolecular Hbond substituents is 1. The number of nitrogens with one attached hydrogen (secondary N) is 2. The number of aliphatic imine (C=N–C) groups is 1. The molecule has 0 bridgehead atoms. The van der Waals surface area contributed by atoms with Crippen molar-refractivity contribution in [3.63, 3.8) is 0 Å². The number of benzene rings is 1. The smallest absolute Gasteiger partial charge is 0.308 e. The van der Waals surface area contributed by atoms with E-state index in [1.807, 2.05) is 6.92 Å². The lowest BCUT2D eigenvalue weighted by Gasteiger charge is -2.29. The van der Waals surface area contributed by atoms with Crippen LogP contribution in [0.1, 0.15) is 38.2 Å². The molecular weight excluding hydrogens is 461 g/mol. The van der Waals surface area contributed by atoms with Crippen LogP contribution in [0.25, 0.3) is 0 Å². The highest BCUT2D eigenvalue weighted by molar-refractivity contribution is 14.0. The molecule has 1 saturated carbocycles. The number of rotatable bonds is 6. The maximum atomic E-state index is 11.8. The summed E-state index contributed by atoms with van der Waals surface area (Å²) in [6.07, 6.45) is 3.44. The van der Waals surface area contributed by atoms with Gasteiger partial charge in [0.25, 0.3) is 0 Å². The third-order valence-electron chi connectivity index (χ3n) is 4.64. The zero-order chi connectivity index (χ0) is 18.9. The van der Waals surface area contributed by atoms with E-state index in [0.717, 1.165) is 31.2 Å². The Bertz CT molecular complexity index is 631. The predicted octanol–water partition coefficient (Wildman–Crippen LogP) is 2.81. The van der Waals surface area contributed by atoms with E-state index in [1.165, 1.54) is 0 Å². The summed E-state index contributed by atoms with van der Waals surface area (Å²) in [4.78, 5) is 16.1. The van der Waals surface area contributed by atoms with Crippen LogP contribution in [0.5, 0.6) is 11.5 Å². The second kappa shape index (κ2) is 11.9. The van der Waals surface area contributed by atoms with Crippen molar-refractivity contribution in [2.24, 2.45) is 10.9 Å². The zero-order valence-electron chi connectivity index (χ0n) is 16.2. The molecule has 8 heteroatoms. The van der Waals surface area contributed by atoms with Gasteiger partial charge in [-0.2, -0.15) is 0 Å². The summed E-state index contributed by atoms with van der Waals surface area (Å²) in [6.45, 7) is 2.70. The highest BCUT2D eigenvalue weighted by atomic mass is 127. The lowest BCUT2D eigenvalue weighted by molar-refractivity contribution is -0.149. The van der Waals surface area contributed by atoms with E-state index in [9.17, 15) is 9.90 Å². The average Bonchev–Trinajstić information content (AvgIpc) is 2.66. The van der Waals surface area contributed by atoms with Crippen molar-refractivity contribution in [3.8, 4) is 11.5 Å². The lowest BCUT2D eigenvalue weighted by Crippen LogP contribution is -2.45. The fourth-order valence-corrected chi connectivity index (χ4v) is 3.13. The minimum Gasteiger partial charge on any atom is -0.508 e. The third kappa shape index (κ3) is 7.08. The van der Waals surface area contributed by atoms with Gasteiger partial charge in [0.1, 0.15) is 11.5 Å². The maximum Gasteiger partial charge on any atom is 0.308 e. The molecule has 3 N–H and O–H groups in total. The number of nitrogens with zero attached hydrogens (tertiary/aromatic N) is 1. The van der Waals surface area contributed by atoms with Crippen LogP contribution >= 0.6 is 24.0 Å². The molecule has 7 nitrogen and oxygen atoms in total. The van der Waals surface area contributed by atoms with E-state index in [-0.39, 0.29) is 47.7 Å². The quantitative estimate of drug-likeness (QED) is 0.245. The van der Waals surface area contributed by atoms with Crippen molar-refractivity contribution in [3.05, 3.63) is 23.8 Å². The van der Waals surface area contributed by atoms with E-state index < -0.39 is 0 Å². The van der Waals surface area contributed by atoms with Gasteiger partial charge in [-0.25, -0.2) is 0 Å². The molecule has 0 spiro atoms. The van der Waals surface area contributed by atoms with Gasteiger partial charge in [-0.05, 0) is 50.8 Å². The van der Waals surface area contributed by atoms with Crippen LogP contribution in [0, 0.1) is 5.92 Å².